The monoisotopic (exact) mass is 282 g/mol. The summed E-state index contributed by atoms with van der Waals surface area (Å²) in [4.78, 5) is 2.64. The van der Waals surface area contributed by atoms with Crippen molar-refractivity contribution in [1.82, 2.24) is 10.2 Å². The highest BCUT2D eigenvalue weighted by Crippen LogP contribution is 2.43. The second kappa shape index (κ2) is 5.94. The van der Waals surface area contributed by atoms with Crippen molar-refractivity contribution in [3.8, 4) is 0 Å². The Hall–Kier alpha value is -0.120. The van der Waals surface area contributed by atoms with Gasteiger partial charge in [0.05, 0.1) is 11.2 Å². The first-order valence-corrected chi connectivity index (χ1v) is 8.42. The fourth-order valence-electron chi connectivity index (χ4n) is 4.19. The van der Waals surface area contributed by atoms with Crippen molar-refractivity contribution in [2.45, 2.75) is 71.6 Å². The van der Waals surface area contributed by atoms with Gasteiger partial charge in [-0.2, -0.15) is 0 Å². The maximum atomic E-state index is 6.41. The molecule has 0 aromatic rings. The number of rotatable bonds is 5. The summed E-state index contributed by atoms with van der Waals surface area (Å²) < 4.78 is 6.41. The molecule has 0 spiro atoms. The van der Waals surface area contributed by atoms with Crippen LogP contribution in [0.5, 0.6) is 0 Å². The van der Waals surface area contributed by atoms with E-state index in [2.05, 4.69) is 51.8 Å². The van der Waals surface area contributed by atoms with E-state index in [1.54, 1.807) is 0 Å². The van der Waals surface area contributed by atoms with Crippen molar-refractivity contribution in [1.29, 1.82) is 0 Å². The number of hydrogen-bond acceptors (Lipinski definition) is 3. The van der Waals surface area contributed by atoms with Crippen molar-refractivity contribution in [3.05, 3.63) is 0 Å². The second-order valence-corrected chi connectivity index (χ2v) is 8.00. The number of likely N-dealkylation sites (tertiary alicyclic amines) is 1. The molecular formula is C17H34N2O. The number of hydrogen-bond donors (Lipinski definition) is 1. The summed E-state index contributed by atoms with van der Waals surface area (Å²) in [5.41, 5.74) is -0.116. The van der Waals surface area contributed by atoms with Crippen LogP contribution in [0.15, 0.2) is 0 Å². The fraction of sp³-hybridized carbons (Fsp3) is 1.00. The molecule has 20 heavy (non-hydrogen) atoms. The third-order valence-corrected chi connectivity index (χ3v) is 5.15. The normalized spacial score (nSPS) is 36.6. The highest BCUT2D eigenvalue weighted by atomic mass is 16.5. The van der Waals surface area contributed by atoms with E-state index in [1.165, 1.54) is 32.5 Å². The lowest BCUT2D eigenvalue weighted by Crippen LogP contribution is -2.51. The van der Waals surface area contributed by atoms with Crippen LogP contribution >= 0.6 is 0 Å². The first kappa shape index (κ1) is 16.3. The Morgan fingerprint density at radius 1 is 1.20 bits per heavy atom. The van der Waals surface area contributed by atoms with Gasteiger partial charge in [-0.1, -0.05) is 13.8 Å². The van der Waals surface area contributed by atoms with E-state index in [0.717, 1.165) is 12.5 Å². The second-order valence-electron chi connectivity index (χ2n) is 8.00. The fourth-order valence-corrected chi connectivity index (χ4v) is 4.19. The van der Waals surface area contributed by atoms with Crippen molar-refractivity contribution in [2.75, 3.05) is 26.2 Å². The maximum absolute atomic E-state index is 6.41. The first-order chi connectivity index (χ1) is 9.26. The van der Waals surface area contributed by atoms with E-state index in [-0.39, 0.29) is 11.2 Å². The van der Waals surface area contributed by atoms with Gasteiger partial charge in [0.15, 0.2) is 0 Å². The van der Waals surface area contributed by atoms with Crippen LogP contribution in [-0.2, 0) is 4.74 Å². The van der Waals surface area contributed by atoms with Gasteiger partial charge < -0.3 is 15.0 Å². The quantitative estimate of drug-likeness (QED) is 0.839. The van der Waals surface area contributed by atoms with Crippen molar-refractivity contribution < 1.29 is 4.74 Å². The molecule has 2 heterocycles. The minimum Gasteiger partial charge on any atom is -0.368 e. The third kappa shape index (κ3) is 3.37. The predicted octanol–water partition coefficient (Wildman–Crippen LogP) is 2.90. The minimum atomic E-state index is -0.0747. The van der Waals surface area contributed by atoms with Crippen LogP contribution < -0.4 is 5.32 Å². The molecule has 2 aliphatic heterocycles. The molecule has 3 atom stereocenters. The number of ether oxygens (including phenoxy) is 1. The van der Waals surface area contributed by atoms with E-state index in [4.69, 9.17) is 4.74 Å². The van der Waals surface area contributed by atoms with Crippen molar-refractivity contribution in [3.63, 3.8) is 0 Å². The smallest absolute Gasteiger partial charge is 0.0790 e. The SMILES string of the molecule is CCCNC1C(CN2CCC(C)C2)C(C)(C)OC1(C)C. The Morgan fingerprint density at radius 3 is 2.45 bits per heavy atom. The molecule has 0 amide bonds. The molecule has 0 bridgehead atoms. The first-order valence-electron chi connectivity index (χ1n) is 8.42. The van der Waals surface area contributed by atoms with Crippen molar-refractivity contribution in [2.24, 2.45) is 11.8 Å². The summed E-state index contributed by atoms with van der Waals surface area (Å²) in [6.07, 6.45) is 2.53. The Bertz CT molecular complexity index is 327. The van der Waals surface area contributed by atoms with Gasteiger partial charge in [0, 0.05) is 25.0 Å². The molecule has 2 fully saturated rings. The molecule has 0 radical (unpaired) electrons. The molecule has 3 unspecified atom stereocenters. The molecule has 2 saturated heterocycles. The van der Waals surface area contributed by atoms with Crippen LogP contribution in [0.1, 0.15) is 54.4 Å². The third-order valence-electron chi connectivity index (χ3n) is 5.15. The Balaban J connectivity index is 2.08. The maximum Gasteiger partial charge on any atom is 0.0790 e. The average Bonchev–Trinajstić information content (AvgIpc) is 2.78. The van der Waals surface area contributed by atoms with Crippen LogP contribution in [0.3, 0.4) is 0 Å². The highest BCUT2D eigenvalue weighted by Gasteiger charge is 2.53. The van der Waals surface area contributed by atoms with E-state index in [1.807, 2.05) is 0 Å². The Morgan fingerprint density at radius 2 is 1.90 bits per heavy atom. The van der Waals surface area contributed by atoms with Crippen molar-refractivity contribution >= 4 is 0 Å². The van der Waals surface area contributed by atoms with Crippen LogP contribution in [-0.4, -0.2) is 48.3 Å². The lowest BCUT2D eigenvalue weighted by molar-refractivity contribution is -0.0793. The molecule has 0 aliphatic carbocycles. The topological polar surface area (TPSA) is 24.5 Å². The van der Waals surface area contributed by atoms with E-state index in [9.17, 15) is 0 Å². The summed E-state index contributed by atoms with van der Waals surface area (Å²) in [6.45, 7) is 18.4. The molecule has 2 aliphatic rings. The van der Waals surface area contributed by atoms with Crippen LogP contribution in [0.25, 0.3) is 0 Å². The average molecular weight is 282 g/mol. The van der Waals surface area contributed by atoms with Gasteiger partial charge in [0.1, 0.15) is 0 Å². The van der Waals surface area contributed by atoms with Gasteiger partial charge in [-0.25, -0.2) is 0 Å². The van der Waals surface area contributed by atoms with Crippen LogP contribution in [0, 0.1) is 11.8 Å². The van der Waals surface area contributed by atoms with Gasteiger partial charge in [0.25, 0.3) is 0 Å². The summed E-state index contributed by atoms with van der Waals surface area (Å²) in [5, 5.41) is 3.76. The summed E-state index contributed by atoms with van der Waals surface area (Å²) in [5.74, 6) is 1.42. The van der Waals surface area contributed by atoms with Gasteiger partial charge in [-0.3, -0.25) is 0 Å². The van der Waals surface area contributed by atoms with E-state index >= 15 is 0 Å². The molecular weight excluding hydrogens is 248 g/mol. The van der Waals surface area contributed by atoms with E-state index in [0.29, 0.717) is 12.0 Å². The Labute approximate surface area is 125 Å². The highest BCUT2D eigenvalue weighted by molar-refractivity contribution is 5.06. The number of nitrogens with one attached hydrogen (secondary N) is 1. The minimum absolute atomic E-state index is 0.0409. The number of nitrogens with zero attached hydrogens (tertiary/aromatic N) is 1. The molecule has 0 aromatic heterocycles. The molecule has 1 N–H and O–H groups in total. The molecule has 0 aromatic carbocycles. The summed E-state index contributed by atoms with van der Waals surface area (Å²) in [7, 11) is 0. The molecule has 3 nitrogen and oxygen atoms in total. The lowest BCUT2D eigenvalue weighted by atomic mass is 9.82. The Kier molecular flexibility index (Phi) is 4.83. The zero-order valence-corrected chi connectivity index (χ0v) is 14.3. The van der Waals surface area contributed by atoms with Crippen LogP contribution in [0.4, 0.5) is 0 Å². The van der Waals surface area contributed by atoms with E-state index < -0.39 is 0 Å². The standard InChI is InChI=1S/C17H34N2O/c1-7-9-18-15-14(12-19-10-8-13(2)11-19)16(3,4)20-17(15,5)6/h13-15,18H,7-12H2,1-6H3. The lowest BCUT2D eigenvalue weighted by Gasteiger charge is -2.33. The van der Waals surface area contributed by atoms with Gasteiger partial charge in [0.2, 0.25) is 0 Å². The van der Waals surface area contributed by atoms with Gasteiger partial charge >= 0.3 is 0 Å². The van der Waals surface area contributed by atoms with Crippen LogP contribution in [0.2, 0.25) is 0 Å². The van der Waals surface area contributed by atoms with Gasteiger partial charge in [-0.05, 0) is 59.5 Å². The predicted molar refractivity (Wildman–Crippen MR) is 85.0 cm³/mol. The molecule has 118 valence electrons. The largest absolute Gasteiger partial charge is 0.368 e. The zero-order valence-electron chi connectivity index (χ0n) is 14.3. The molecule has 3 heteroatoms. The molecule has 2 rings (SSSR count). The van der Waals surface area contributed by atoms with Gasteiger partial charge in [-0.15, -0.1) is 0 Å². The zero-order chi connectivity index (χ0) is 15.0. The molecule has 0 saturated carbocycles. The summed E-state index contributed by atoms with van der Waals surface area (Å²) in [6, 6.07) is 0.452. The summed E-state index contributed by atoms with van der Waals surface area (Å²) >= 11 is 0.